The van der Waals surface area contributed by atoms with E-state index in [1.165, 1.54) is 23.9 Å². The SMILES string of the molecule is Cc1ccn(C(=O)Cn2nc(C)c3ccccc3c2=O)c(=NC2CCCCC2)c1. The van der Waals surface area contributed by atoms with E-state index >= 15 is 0 Å². The molecule has 0 bridgehead atoms. The monoisotopic (exact) mass is 390 g/mol. The van der Waals surface area contributed by atoms with Crippen molar-refractivity contribution in [1.82, 2.24) is 14.3 Å². The van der Waals surface area contributed by atoms with Gasteiger partial charge in [-0.15, -0.1) is 0 Å². The van der Waals surface area contributed by atoms with Crippen LogP contribution in [0.4, 0.5) is 0 Å². The number of aryl methyl sites for hydroxylation is 2. The average Bonchev–Trinajstić information content (AvgIpc) is 2.72. The lowest BCUT2D eigenvalue weighted by molar-refractivity contribution is 0.0878. The Hall–Kier alpha value is -3.02. The van der Waals surface area contributed by atoms with Crippen molar-refractivity contribution in [3.8, 4) is 0 Å². The van der Waals surface area contributed by atoms with Crippen molar-refractivity contribution in [2.24, 2.45) is 4.99 Å². The third-order valence-corrected chi connectivity index (χ3v) is 5.59. The lowest BCUT2D eigenvalue weighted by Gasteiger charge is -2.18. The lowest BCUT2D eigenvalue weighted by Crippen LogP contribution is -2.35. The Morgan fingerprint density at radius 3 is 2.59 bits per heavy atom. The first-order chi connectivity index (χ1) is 14.0. The highest BCUT2D eigenvalue weighted by atomic mass is 16.2. The first-order valence-corrected chi connectivity index (χ1v) is 10.3. The smallest absolute Gasteiger partial charge is 0.272 e. The molecule has 0 radical (unpaired) electrons. The molecule has 1 aliphatic rings. The van der Waals surface area contributed by atoms with Crippen LogP contribution < -0.4 is 11.0 Å². The number of rotatable bonds is 3. The van der Waals surface area contributed by atoms with Gasteiger partial charge in [0.05, 0.1) is 17.1 Å². The predicted octanol–water partition coefficient (Wildman–Crippen LogP) is 3.39. The molecule has 3 aromatic rings. The van der Waals surface area contributed by atoms with Crippen LogP contribution in [0.5, 0.6) is 0 Å². The Balaban J connectivity index is 1.71. The largest absolute Gasteiger partial charge is 0.275 e. The molecule has 1 fully saturated rings. The lowest BCUT2D eigenvalue weighted by atomic mass is 9.96. The maximum atomic E-state index is 13.1. The van der Waals surface area contributed by atoms with Crippen molar-refractivity contribution in [3.63, 3.8) is 0 Å². The number of hydrogen-bond acceptors (Lipinski definition) is 4. The Labute approximate surface area is 169 Å². The number of benzene rings is 1. The second-order valence-electron chi connectivity index (χ2n) is 7.84. The van der Waals surface area contributed by atoms with Crippen LogP contribution in [0.15, 0.2) is 52.4 Å². The summed E-state index contributed by atoms with van der Waals surface area (Å²) in [6, 6.07) is 11.4. The van der Waals surface area contributed by atoms with Gasteiger partial charge in [-0.05, 0) is 50.5 Å². The van der Waals surface area contributed by atoms with Crippen molar-refractivity contribution in [2.45, 2.75) is 58.5 Å². The summed E-state index contributed by atoms with van der Waals surface area (Å²) in [5.74, 6) is -0.219. The van der Waals surface area contributed by atoms with Gasteiger partial charge in [0.2, 0.25) is 0 Å². The topological polar surface area (TPSA) is 69.2 Å². The molecule has 0 spiro atoms. The Morgan fingerprint density at radius 1 is 1.10 bits per heavy atom. The molecular formula is C23H26N4O2. The van der Waals surface area contributed by atoms with Crippen molar-refractivity contribution < 1.29 is 4.79 Å². The molecular weight excluding hydrogens is 364 g/mol. The van der Waals surface area contributed by atoms with E-state index in [0.717, 1.165) is 29.5 Å². The normalized spacial score (nSPS) is 15.7. The van der Waals surface area contributed by atoms with Gasteiger partial charge < -0.3 is 0 Å². The van der Waals surface area contributed by atoms with E-state index in [2.05, 4.69) is 5.10 Å². The fourth-order valence-corrected chi connectivity index (χ4v) is 4.01. The second kappa shape index (κ2) is 8.15. The van der Waals surface area contributed by atoms with E-state index < -0.39 is 0 Å². The molecule has 150 valence electrons. The fourth-order valence-electron chi connectivity index (χ4n) is 4.01. The summed E-state index contributed by atoms with van der Waals surface area (Å²) in [4.78, 5) is 30.8. The van der Waals surface area contributed by atoms with Crippen LogP contribution in [0.25, 0.3) is 10.8 Å². The summed E-state index contributed by atoms with van der Waals surface area (Å²) in [5, 5.41) is 5.76. The standard InChI is InChI=1S/C23H26N4O2/c1-16-12-13-26(21(14-16)24-18-8-4-3-5-9-18)22(28)15-27-23(29)20-11-7-6-10-19(20)17(2)25-27/h6-7,10-14,18H,3-5,8-9,15H2,1-2H3. The van der Waals surface area contributed by atoms with Gasteiger partial charge in [-0.3, -0.25) is 19.1 Å². The maximum Gasteiger partial charge on any atom is 0.275 e. The van der Waals surface area contributed by atoms with Gasteiger partial charge in [0, 0.05) is 11.6 Å². The summed E-state index contributed by atoms with van der Waals surface area (Å²) >= 11 is 0. The van der Waals surface area contributed by atoms with E-state index in [4.69, 9.17) is 4.99 Å². The number of aromatic nitrogens is 3. The summed E-state index contributed by atoms with van der Waals surface area (Å²) in [6.45, 7) is 3.73. The molecule has 0 saturated heterocycles. The van der Waals surface area contributed by atoms with E-state index in [-0.39, 0.29) is 24.1 Å². The van der Waals surface area contributed by atoms with Crippen LogP contribution in [-0.2, 0) is 6.54 Å². The van der Waals surface area contributed by atoms with E-state index in [9.17, 15) is 9.59 Å². The molecule has 29 heavy (non-hydrogen) atoms. The highest BCUT2D eigenvalue weighted by Crippen LogP contribution is 2.19. The van der Waals surface area contributed by atoms with Gasteiger partial charge >= 0.3 is 0 Å². The third-order valence-electron chi connectivity index (χ3n) is 5.59. The van der Waals surface area contributed by atoms with Crippen LogP contribution in [-0.4, -0.2) is 26.3 Å². The van der Waals surface area contributed by atoms with Crippen molar-refractivity contribution >= 4 is 16.7 Å². The predicted molar refractivity (Wildman–Crippen MR) is 113 cm³/mol. The van der Waals surface area contributed by atoms with Crippen LogP contribution >= 0.6 is 0 Å². The molecule has 4 rings (SSSR count). The zero-order chi connectivity index (χ0) is 20.4. The third kappa shape index (κ3) is 4.06. The van der Waals surface area contributed by atoms with Gasteiger partial charge in [0.15, 0.2) is 0 Å². The van der Waals surface area contributed by atoms with Gasteiger partial charge in [-0.1, -0.05) is 37.5 Å². The van der Waals surface area contributed by atoms with Crippen molar-refractivity contribution in [2.75, 3.05) is 0 Å². The minimum absolute atomic E-state index is 0.120. The minimum atomic E-state index is -0.252. The van der Waals surface area contributed by atoms with Crippen LogP contribution in [0.1, 0.15) is 48.2 Å². The van der Waals surface area contributed by atoms with E-state index in [1.807, 2.05) is 44.2 Å². The first-order valence-electron chi connectivity index (χ1n) is 10.3. The molecule has 2 aromatic heterocycles. The van der Waals surface area contributed by atoms with E-state index in [1.54, 1.807) is 16.8 Å². The summed E-state index contributed by atoms with van der Waals surface area (Å²) < 4.78 is 2.82. The Morgan fingerprint density at radius 2 is 1.83 bits per heavy atom. The first kappa shape index (κ1) is 19.3. The zero-order valence-electron chi connectivity index (χ0n) is 17.0. The molecule has 0 atom stereocenters. The van der Waals surface area contributed by atoms with Gasteiger partial charge in [-0.2, -0.15) is 5.10 Å². The molecule has 0 N–H and O–H groups in total. The van der Waals surface area contributed by atoms with Gasteiger partial charge in [0.25, 0.3) is 11.5 Å². The highest BCUT2D eigenvalue weighted by Gasteiger charge is 2.15. The molecule has 0 unspecified atom stereocenters. The molecule has 0 amide bonds. The molecule has 1 saturated carbocycles. The number of nitrogens with zero attached hydrogens (tertiary/aromatic N) is 4. The average molecular weight is 390 g/mol. The van der Waals surface area contributed by atoms with Crippen LogP contribution in [0.2, 0.25) is 0 Å². The summed E-state index contributed by atoms with van der Waals surface area (Å²) in [7, 11) is 0. The van der Waals surface area contributed by atoms with Crippen LogP contribution in [0, 0.1) is 13.8 Å². The second-order valence-corrected chi connectivity index (χ2v) is 7.84. The number of hydrogen-bond donors (Lipinski definition) is 0. The summed E-state index contributed by atoms with van der Waals surface area (Å²) in [5.41, 5.74) is 2.19. The van der Waals surface area contributed by atoms with Gasteiger partial charge in [0.1, 0.15) is 12.0 Å². The molecule has 6 heteroatoms. The minimum Gasteiger partial charge on any atom is -0.272 e. The molecule has 2 heterocycles. The Bertz CT molecular complexity index is 1180. The quantitative estimate of drug-likeness (QED) is 0.688. The number of pyridine rings is 1. The molecule has 0 aliphatic heterocycles. The molecule has 6 nitrogen and oxygen atoms in total. The molecule has 1 aliphatic carbocycles. The fraction of sp³-hybridized carbons (Fsp3) is 0.391. The number of carbonyl (C=O) groups excluding carboxylic acids is 1. The summed E-state index contributed by atoms with van der Waals surface area (Å²) in [6.07, 6.45) is 7.50. The zero-order valence-corrected chi connectivity index (χ0v) is 17.0. The van der Waals surface area contributed by atoms with E-state index in [0.29, 0.717) is 10.9 Å². The van der Waals surface area contributed by atoms with Crippen LogP contribution in [0.3, 0.4) is 0 Å². The Kier molecular flexibility index (Phi) is 5.43. The molecule has 1 aromatic carbocycles. The number of fused-ring (bicyclic) bond motifs is 1. The maximum absolute atomic E-state index is 13.1. The highest BCUT2D eigenvalue weighted by molar-refractivity contribution is 5.84. The van der Waals surface area contributed by atoms with Gasteiger partial charge in [-0.25, -0.2) is 4.68 Å². The van der Waals surface area contributed by atoms with Crippen molar-refractivity contribution in [3.05, 3.63) is 69.7 Å². The van der Waals surface area contributed by atoms with Crippen molar-refractivity contribution in [1.29, 1.82) is 0 Å². The number of carbonyl (C=O) groups is 1.